The number of hydrogen-bond donors (Lipinski definition) is 0. The zero-order chi connectivity index (χ0) is 10.6. The Balaban J connectivity index is 2.67. The highest BCUT2D eigenvalue weighted by Gasteiger charge is 2.25. The molecule has 0 saturated carbocycles. The van der Waals surface area contributed by atoms with Gasteiger partial charge in [-0.1, -0.05) is 11.8 Å². The summed E-state index contributed by atoms with van der Waals surface area (Å²) in [5.74, 6) is 0.0789. The highest BCUT2D eigenvalue weighted by atomic mass is 32.2. The summed E-state index contributed by atoms with van der Waals surface area (Å²) < 4.78 is 4.77. The van der Waals surface area contributed by atoms with Crippen LogP contribution in [0, 0.1) is 0 Å². The third-order valence-electron chi connectivity index (χ3n) is 1.75. The molecule has 0 aliphatic carbocycles. The van der Waals surface area contributed by atoms with Crippen LogP contribution >= 0.6 is 11.8 Å². The van der Waals surface area contributed by atoms with E-state index in [0.717, 1.165) is 0 Å². The minimum atomic E-state index is -0.386. The van der Waals surface area contributed by atoms with Crippen LogP contribution in [0.15, 0.2) is 11.1 Å². The lowest BCUT2D eigenvalue weighted by molar-refractivity contribution is -0.137. The number of hydrogen-bond acceptors (Lipinski definition) is 4. The number of nitrogens with zero attached hydrogens (tertiary/aromatic N) is 1. The maximum absolute atomic E-state index is 11.3. The molecule has 0 spiro atoms. The number of ether oxygens (including phenoxy) is 1. The average molecular weight is 215 g/mol. The Kier molecular flexibility index (Phi) is 4.00. The van der Waals surface area contributed by atoms with Gasteiger partial charge in [-0.25, -0.2) is 4.79 Å². The second-order valence-corrected chi connectivity index (χ2v) is 3.66. The Hall–Kier alpha value is -0.970. The Morgan fingerprint density at radius 1 is 1.64 bits per heavy atom. The van der Waals surface area contributed by atoms with Crippen molar-refractivity contribution in [3.05, 3.63) is 11.1 Å². The van der Waals surface area contributed by atoms with E-state index in [4.69, 9.17) is 4.74 Å². The first-order valence-corrected chi connectivity index (χ1v) is 5.49. The molecule has 0 bridgehead atoms. The van der Waals surface area contributed by atoms with Crippen molar-refractivity contribution < 1.29 is 14.3 Å². The van der Waals surface area contributed by atoms with Crippen LogP contribution in [-0.2, 0) is 14.3 Å². The number of carbonyl (C=O) groups excluding carboxylic acids is 2. The minimum Gasteiger partial charge on any atom is -0.463 e. The number of thioether (sulfide) groups is 1. The van der Waals surface area contributed by atoms with Crippen LogP contribution in [-0.4, -0.2) is 35.7 Å². The molecule has 0 unspecified atom stereocenters. The molecule has 5 heteroatoms. The maximum Gasteiger partial charge on any atom is 0.333 e. The summed E-state index contributed by atoms with van der Waals surface area (Å²) in [4.78, 5) is 24.0. The van der Waals surface area contributed by atoms with E-state index >= 15 is 0 Å². The van der Waals surface area contributed by atoms with E-state index < -0.39 is 0 Å². The molecule has 0 radical (unpaired) electrons. The first-order valence-electron chi connectivity index (χ1n) is 4.50. The van der Waals surface area contributed by atoms with Gasteiger partial charge in [0.05, 0.1) is 23.5 Å². The summed E-state index contributed by atoms with van der Waals surface area (Å²) in [6, 6.07) is 0. The average Bonchev–Trinajstić information content (AvgIpc) is 2.47. The van der Waals surface area contributed by atoms with Crippen LogP contribution in [0.1, 0.15) is 13.8 Å². The Bertz CT molecular complexity index is 275. The molecule has 0 aromatic heterocycles. The van der Waals surface area contributed by atoms with Gasteiger partial charge in [-0.15, -0.1) is 0 Å². The van der Waals surface area contributed by atoms with E-state index in [1.807, 2.05) is 6.92 Å². The molecule has 1 heterocycles. The largest absolute Gasteiger partial charge is 0.463 e. The molecular formula is C9H13NO3S. The van der Waals surface area contributed by atoms with Crippen molar-refractivity contribution in [1.29, 1.82) is 0 Å². The van der Waals surface area contributed by atoms with Crippen molar-refractivity contribution >= 4 is 23.6 Å². The molecule has 1 aliphatic rings. The van der Waals surface area contributed by atoms with Gasteiger partial charge in [-0.2, -0.15) is 0 Å². The van der Waals surface area contributed by atoms with Crippen molar-refractivity contribution in [2.75, 3.05) is 18.9 Å². The van der Waals surface area contributed by atoms with Gasteiger partial charge in [-0.3, -0.25) is 4.79 Å². The molecule has 1 saturated heterocycles. The van der Waals surface area contributed by atoms with E-state index in [9.17, 15) is 9.59 Å². The standard InChI is InChI=1S/C9H13NO3S/c1-3-10-7(11)6-14-8(10)5-9(12)13-4-2/h5H,3-4,6H2,1-2H3/b8-5+. The Morgan fingerprint density at radius 2 is 2.36 bits per heavy atom. The van der Waals surface area contributed by atoms with Crippen molar-refractivity contribution in [3.63, 3.8) is 0 Å². The number of amides is 1. The lowest BCUT2D eigenvalue weighted by atomic mass is 10.5. The summed E-state index contributed by atoms with van der Waals surface area (Å²) in [5, 5.41) is 0.691. The molecule has 0 aromatic rings. The zero-order valence-corrected chi connectivity index (χ0v) is 9.10. The predicted octanol–water partition coefficient (Wildman–Crippen LogP) is 0.986. The quantitative estimate of drug-likeness (QED) is 0.520. The normalized spacial score (nSPS) is 19.1. The number of rotatable bonds is 3. The molecule has 78 valence electrons. The van der Waals surface area contributed by atoms with Gasteiger partial charge in [-0.05, 0) is 13.8 Å². The minimum absolute atomic E-state index is 0.0491. The van der Waals surface area contributed by atoms with Gasteiger partial charge in [0.25, 0.3) is 0 Å². The monoisotopic (exact) mass is 215 g/mol. The first kappa shape index (κ1) is 11.1. The fourth-order valence-electron chi connectivity index (χ4n) is 1.15. The van der Waals surface area contributed by atoms with Gasteiger partial charge in [0.1, 0.15) is 0 Å². The molecule has 14 heavy (non-hydrogen) atoms. The van der Waals surface area contributed by atoms with E-state index in [1.54, 1.807) is 11.8 Å². The van der Waals surface area contributed by atoms with Gasteiger partial charge >= 0.3 is 5.97 Å². The van der Waals surface area contributed by atoms with Gasteiger partial charge in [0.2, 0.25) is 5.91 Å². The molecule has 1 amide bonds. The Morgan fingerprint density at radius 3 is 2.93 bits per heavy atom. The summed E-state index contributed by atoms with van der Waals surface area (Å²) >= 11 is 1.37. The second kappa shape index (κ2) is 5.05. The van der Waals surface area contributed by atoms with Crippen LogP contribution in [0.2, 0.25) is 0 Å². The Labute approximate surface area is 87.3 Å². The van der Waals surface area contributed by atoms with E-state index in [-0.39, 0.29) is 11.9 Å². The number of esters is 1. The molecule has 1 aliphatic heterocycles. The van der Waals surface area contributed by atoms with Crippen LogP contribution in [0.5, 0.6) is 0 Å². The van der Waals surface area contributed by atoms with Gasteiger partial charge < -0.3 is 9.64 Å². The van der Waals surface area contributed by atoms with E-state index in [2.05, 4.69) is 0 Å². The van der Waals surface area contributed by atoms with E-state index in [0.29, 0.717) is 23.9 Å². The fraction of sp³-hybridized carbons (Fsp3) is 0.556. The SMILES string of the molecule is CCOC(=O)/C=C1/SCC(=O)N1CC. The summed E-state index contributed by atoms with van der Waals surface area (Å²) in [7, 11) is 0. The van der Waals surface area contributed by atoms with Crippen LogP contribution in [0.3, 0.4) is 0 Å². The van der Waals surface area contributed by atoms with Gasteiger partial charge in [0.15, 0.2) is 0 Å². The predicted molar refractivity (Wildman–Crippen MR) is 54.6 cm³/mol. The first-order chi connectivity index (χ1) is 6.69. The van der Waals surface area contributed by atoms with Crippen LogP contribution in [0.4, 0.5) is 0 Å². The third-order valence-corrected chi connectivity index (χ3v) is 2.78. The van der Waals surface area contributed by atoms with Crippen molar-refractivity contribution in [2.45, 2.75) is 13.8 Å². The van der Waals surface area contributed by atoms with E-state index in [1.165, 1.54) is 17.8 Å². The highest BCUT2D eigenvalue weighted by Crippen LogP contribution is 2.28. The lowest BCUT2D eigenvalue weighted by Gasteiger charge is -2.13. The molecule has 0 atom stereocenters. The fourth-order valence-corrected chi connectivity index (χ4v) is 2.14. The van der Waals surface area contributed by atoms with Crippen molar-refractivity contribution in [1.82, 2.24) is 4.90 Å². The van der Waals surface area contributed by atoms with Gasteiger partial charge in [0, 0.05) is 6.54 Å². The summed E-state index contributed by atoms with van der Waals surface area (Å²) in [6.07, 6.45) is 1.38. The van der Waals surface area contributed by atoms with Crippen LogP contribution < -0.4 is 0 Å². The molecule has 0 N–H and O–H groups in total. The van der Waals surface area contributed by atoms with Crippen molar-refractivity contribution in [3.8, 4) is 0 Å². The smallest absolute Gasteiger partial charge is 0.333 e. The number of carbonyl (C=O) groups is 2. The summed E-state index contributed by atoms with van der Waals surface area (Å²) in [6.45, 7) is 4.58. The lowest BCUT2D eigenvalue weighted by Crippen LogP contribution is -2.24. The molecule has 1 fully saturated rings. The molecule has 0 aromatic carbocycles. The maximum atomic E-state index is 11.3. The van der Waals surface area contributed by atoms with Crippen LogP contribution in [0.25, 0.3) is 0 Å². The second-order valence-electron chi connectivity index (χ2n) is 2.66. The van der Waals surface area contributed by atoms with Crippen molar-refractivity contribution in [2.24, 2.45) is 0 Å². The molecular weight excluding hydrogens is 202 g/mol. The third kappa shape index (κ3) is 2.51. The topological polar surface area (TPSA) is 46.6 Å². The molecule has 4 nitrogen and oxygen atoms in total. The summed E-state index contributed by atoms with van der Waals surface area (Å²) in [5.41, 5.74) is 0. The molecule has 1 rings (SSSR count). The zero-order valence-electron chi connectivity index (χ0n) is 8.28. The highest BCUT2D eigenvalue weighted by molar-refractivity contribution is 8.04.